The number of aryl methyl sites for hydroxylation is 3. The molecule has 0 aliphatic heterocycles. The molecule has 2 rings (SSSR count). The van der Waals surface area contributed by atoms with Gasteiger partial charge in [0.2, 0.25) is 11.8 Å². The van der Waals surface area contributed by atoms with E-state index in [1.807, 2.05) is 52.0 Å². The third-order valence-electron chi connectivity index (χ3n) is 6.28. The summed E-state index contributed by atoms with van der Waals surface area (Å²) in [6.07, 6.45) is -0.0384. The van der Waals surface area contributed by atoms with Crippen molar-refractivity contribution >= 4 is 41.1 Å². The minimum absolute atomic E-state index is 0.188. The molecule has 0 aliphatic rings. The van der Waals surface area contributed by atoms with E-state index in [0.29, 0.717) is 22.7 Å². The van der Waals surface area contributed by atoms with Crippen molar-refractivity contribution in [2.45, 2.75) is 85.4 Å². The standard InChI is InChI=1S/C30H41ClN4O5/c1-8-9-16-35(28(38)22(17-23(32)36)33-29(39)40-30(5,6)7)26(24-18(2)12-10-13-19(24)3)27(37)34-25-20(4)14-11-15-21(25)31/h10-15,22,26H,8-9,16-17H2,1-7H3,(H2,32,36)(H,33,39)(H,34,37). The highest BCUT2D eigenvalue weighted by molar-refractivity contribution is 6.34. The minimum Gasteiger partial charge on any atom is -0.444 e. The molecule has 0 saturated carbocycles. The lowest BCUT2D eigenvalue weighted by Gasteiger charge is -2.35. The molecule has 9 nitrogen and oxygen atoms in total. The Kier molecular flexibility index (Phi) is 11.5. The van der Waals surface area contributed by atoms with Crippen LogP contribution in [0.2, 0.25) is 5.02 Å². The number of amides is 4. The number of carbonyl (C=O) groups is 4. The maximum absolute atomic E-state index is 14.2. The molecule has 2 atom stereocenters. The number of hydrogen-bond donors (Lipinski definition) is 3. The fourth-order valence-electron chi connectivity index (χ4n) is 4.42. The average molecular weight is 573 g/mol. The number of nitrogens with one attached hydrogen (secondary N) is 2. The highest BCUT2D eigenvalue weighted by Gasteiger charge is 2.38. The van der Waals surface area contributed by atoms with Crippen molar-refractivity contribution in [2.24, 2.45) is 5.73 Å². The molecule has 0 heterocycles. The van der Waals surface area contributed by atoms with Gasteiger partial charge < -0.3 is 26.0 Å². The molecule has 0 aromatic heterocycles. The van der Waals surface area contributed by atoms with Crippen LogP contribution in [0.3, 0.4) is 0 Å². The van der Waals surface area contributed by atoms with Gasteiger partial charge in [-0.25, -0.2) is 4.79 Å². The van der Waals surface area contributed by atoms with Crippen molar-refractivity contribution in [3.05, 3.63) is 63.7 Å². The van der Waals surface area contributed by atoms with E-state index in [4.69, 9.17) is 22.1 Å². The average Bonchev–Trinajstić information content (AvgIpc) is 2.83. The van der Waals surface area contributed by atoms with Gasteiger partial charge in [-0.3, -0.25) is 14.4 Å². The maximum Gasteiger partial charge on any atom is 0.408 e. The molecule has 0 radical (unpaired) electrons. The SMILES string of the molecule is CCCCN(C(=O)C(CC(N)=O)NC(=O)OC(C)(C)C)C(C(=O)Nc1c(C)cccc1Cl)c1c(C)cccc1C. The lowest BCUT2D eigenvalue weighted by Crippen LogP contribution is -2.54. The van der Waals surface area contributed by atoms with Gasteiger partial charge in [-0.1, -0.05) is 55.3 Å². The molecule has 40 heavy (non-hydrogen) atoms. The third kappa shape index (κ3) is 8.98. The van der Waals surface area contributed by atoms with Gasteiger partial charge in [0.25, 0.3) is 5.91 Å². The molecular weight excluding hydrogens is 532 g/mol. The molecule has 2 aromatic carbocycles. The van der Waals surface area contributed by atoms with Crippen molar-refractivity contribution < 1.29 is 23.9 Å². The van der Waals surface area contributed by atoms with Crippen LogP contribution in [-0.4, -0.2) is 46.9 Å². The highest BCUT2D eigenvalue weighted by atomic mass is 35.5. The Balaban J connectivity index is 2.65. The number of nitrogens with zero attached hydrogens (tertiary/aromatic N) is 1. The lowest BCUT2D eigenvalue weighted by molar-refractivity contribution is -0.142. The van der Waals surface area contributed by atoms with E-state index >= 15 is 0 Å². The van der Waals surface area contributed by atoms with E-state index in [9.17, 15) is 19.2 Å². The summed E-state index contributed by atoms with van der Waals surface area (Å²) < 4.78 is 5.33. The van der Waals surface area contributed by atoms with Crippen LogP contribution < -0.4 is 16.4 Å². The van der Waals surface area contributed by atoms with Gasteiger partial charge in [0.05, 0.1) is 17.1 Å². The fraction of sp³-hybridized carbons (Fsp3) is 0.467. The van der Waals surface area contributed by atoms with E-state index in [-0.39, 0.29) is 6.54 Å². The van der Waals surface area contributed by atoms with Crippen LogP contribution in [-0.2, 0) is 19.1 Å². The largest absolute Gasteiger partial charge is 0.444 e. The Morgan fingerprint density at radius 3 is 2.10 bits per heavy atom. The molecule has 0 fully saturated rings. The zero-order valence-electron chi connectivity index (χ0n) is 24.4. The van der Waals surface area contributed by atoms with E-state index in [1.165, 1.54) is 4.90 Å². The quantitative estimate of drug-likeness (QED) is 0.334. The summed E-state index contributed by atoms with van der Waals surface area (Å²) in [7, 11) is 0. The topological polar surface area (TPSA) is 131 Å². The first-order valence-corrected chi connectivity index (χ1v) is 13.7. The van der Waals surface area contributed by atoms with Gasteiger partial charge in [0.15, 0.2) is 0 Å². The van der Waals surface area contributed by atoms with E-state index in [2.05, 4.69) is 10.6 Å². The summed E-state index contributed by atoms with van der Waals surface area (Å²) in [6.45, 7) is 12.8. The van der Waals surface area contributed by atoms with Crippen LogP contribution in [0.1, 0.15) is 75.3 Å². The van der Waals surface area contributed by atoms with Crippen molar-refractivity contribution in [2.75, 3.05) is 11.9 Å². The predicted molar refractivity (Wildman–Crippen MR) is 157 cm³/mol. The number of para-hydroxylation sites is 1. The Bertz CT molecular complexity index is 1200. The maximum atomic E-state index is 14.2. The number of unbranched alkanes of at least 4 members (excludes halogenated alkanes) is 1. The fourth-order valence-corrected chi connectivity index (χ4v) is 4.68. The first kappa shape index (κ1) is 32.6. The lowest BCUT2D eigenvalue weighted by atomic mass is 9.93. The second-order valence-corrected chi connectivity index (χ2v) is 11.3. The molecular formula is C30H41ClN4O5. The van der Waals surface area contributed by atoms with Crippen LogP contribution in [0.5, 0.6) is 0 Å². The Morgan fingerprint density at radius 2 is 1.57 bits per heavy atom. The molecule has 0 bridgehead atoms. The van der Waals surface area contributed by atoms with Gasteiger partial charge in [0.1, 0.15) is 17.7 Å². The summed E-state index contributed by atoms with van der Waals surface area (Å²) in [5.74, 6) is -1.89. The number of primary amides is 1. The second-order valence-electron chi connectivity index (χ2n) is 10.9. The molecule has 0 aliphatic carbocycles. The van der Waals surface area contributed by atoms with Gasteiger partial charge in [-0.05, 0) is 76.3 Å². The number of nitrogens with two attached hydrogens (primary N) is 1. The first-order chi connectivity index (χ1) is 18.7. The number of alkyl carbamates (subject to hydrolysis) is 1. The van der Waals surface area contributed by atoms with Crippen molar-refractivity contribution in [3.63, 3.8) is 0 Å². The summed E-state index contributed by atoms with van der Waals surface area (Å²) in [4.78, 5) is 54.3. The minimum atomic E-state index is -1.34. The number of carbonyl (C=O) groups excluding carboxylic acids is 4. The molecule has 2 unspecified atom stereocenters. The number of benzene rings is 2. The normalized spacial score (nSPS) is 12.7. The summed E-state index contributed by atoms with van der Waals surface area (Å²) in [6, 6.07) is 8.45. The van der Waals surface area contributed by atoms with Crippen LogP contribution in [0.4, 0.5) is 10.5 Å². The number of ether oxygens (including phenoxy) is 1. The molecule has 4 N–H and O–H groups in total. The number of rotatable bonds is 11. The Labute approximate surface area is 241 Å². The zero-order chi connectivity index (χ0) is 30.2. The van der Waals surface area contributed by atoms with Crippen molar-refractivity contribution in [3.8, 4) is 0 Å². The van der Waals surface area contributed by atoms with Crippen LogP contribution in [0.25, 0.3) is 0 Å². The van der Waals surface area contributed by atoms with Gasteiger partial charge in [0, 0.05) is 6.54 Å². The molecule has 218 valence electrons. The van der Waals surface area contributed by atoms with Gasteiger partial charge in [-0.2, -0.15) is 0 Å². The molecule has 0 spiro atoms. The van der Waals surface area contributed by atoms with Crippen molar-refractivity contribution in [1.29, 1.82) is 0 Å². The van der Waals surface area contributed by atoms with Crippen LogP contribution in [0.15, 0.2) is 36.4 Å². The molecule has 2 aromatic rings. The number of hydrogen-bond acceptors (Lipinski definition) is 5. The van der Waals surface area contributed by atoms with Crippen molar-refractivity contribution in [1.82, 2.24) is 10.2 Å². The smallest absolute Gasteiger partial charge is 0.408 e. The Morgan fingerprint density at radius 1 is 1.00 bits per heavy atom. The zero-order valence-corrected chi connectivity index (χ0v) is 25.1. The van der Waals surface area contributed by atoms with Crippen LogP contribution >= 0.6 is 11.6 Å². The van der Waals surface area contributed by atoms with E-state index in [0.717, 1.165) is 23.1 Å². The second kappa shape index (κ2) is 14.2. The monoisotopic (exact) mass is 572 g/mol. The highest BCUT2D eigenvalue weighted by Crippen LogP contribution is 2.32. The number of halogens is 1. The van der Waals surface area contributed by atoms with Crippen LogP contribution in [0, 0.1) is 20.8 Å². The molecule has 10 heteroatoms. The molecule has 4 amide bonds. The summed E-state index contributed by atoms with van der Waals surface area (Å²) in [5.41, 5.74) is 8.08. The summed E-state index contributed by atoms with van der Waals surface area (Å²) >= 11 is 6.42. The predicted octanol–water partition coefficient (Wildman–Crippen LogP) is 5.34. The first-order valence-electron chi connectivity index (χ1n) is 13.4. The van der Waals surface area contributed by atoms with Gasteiger partial charge >= 0.3 is 6.09 Å². The van der Waals surface area contributed by atoms with Gasteiger partial charge in [-0.15, -0.1) is 0 Å². The third-order valence-corrected chi connectivity index (χ3v) is 6.59. The van der Waals surface area contributed by atoms with E-state index in [1.54, 1.807) is 32.9 Å². The summed E-state index contributed by atoms with van der Waals surface area (Å²) in [5, 5.41) is 5.78. The Hall–Kier alpha value is -3.59. The molecule has 0 saturated heterocycles. The van der Waals surface area contributed by atoms with E-state index < -0.39 is 47.9 Å². The number of anilines is 1.